The van der Waals surface area contributed by atoms with Crippen molar-refractivity contribution in [1.29, 1.82) is 0 Å². The Kier molecular flexibility index (Phi) is 4.35. The number of thiazole rings is 1. The first-order chi connectivity index (χ1) is 10.7. The van der Waals surface area contributed by atoms with Gasteiger partial charge in [-0.1, -0.05) is 12.8 Å². The zero-order chi connectivity index (χ0) is 16.8. The third-order valence-corrected chi connectivity index (χ3v) is 7.13. The zero-order valence-electron chi connectivity index (χ0n) is 13.1. The molecule has 1 saturated carbocycles. The Morgan fingerprint density at radius 2 is 2.17 bits per heavy atom. The second-order valence-corrected chi connectivity index (χ2v) is 9.52. The highest BCUT2D eigenvalue weighted by atomic mass is 32.2. The molecule has 1 aromatic rings. The monoisotopic (exact) mass is 358 g/mol. The van der Waals surface area contributed by atoms with Gasteiger partial charge in [-0.3, -0.25) is 4.79 Å². The van der Waals surface area contributed by atoms with E-state index in [0.717, 1.165) is 29.8 Å². The van der Waals surface area contributed by atoms with Gasteiger partial charge >= 0.3 is 0 Å². The van der Waals surface area contributed by atoms with E-state index in [0.29, 0.717) is 24.4 Å². The molecule has 0 aromatic carbocycles. The Morgan fingerprint density at radius 3 is 2.83 bits per heavy atom. The molecule has 0 bridgehead atoms. The van der Waals surface area contributed by atoms with Crippen LogP contribution in [0.5, 0.6) is 0 Å². The van der Waals surface area contributed by atoms with Gasteiger partial charge in [0.2, 0.25) is 15.8 Å². The van der Waals surface area contributed by atoms with Gasteiger partial charge in [0.25, 0.3) is 0 Å². The fraction of sp³-hybridized carbons (Fsp3) is 0.714. The number of aromatic nitrogens is 1. The molecule has 4 N–H and O–H groups in total. The van der Waals surface area contributed by atoms with Crippen LogP contribution >= 0.6 is 11.3 Å². The summed E-state index contributed by atoms with van der Waals surface area (Å²) in [7, 11) is -3.24. The number of Topliss-reactive ketones (excluding diaryl/α,β-unsaturated/α-hetero) is 1. The Hall–Kier alpha value is -0.870. The minimum Gasteiger partial charge on any atom is -0.326 e. The van der Waals surface area contributed by atoms with Crippen molar-refractivity contribution >= 4 is 27.1 Å². The highest BCUT2D eigenvalue weighted by Gasteiger charge is 2.44. The summed E-state index contributed by atoms with van der Waals surface area (Å²) < 4.78 is 24.8. The maximum Gasteiger partial charge on any atom is 0.212 e. The summed E-state index contributed by atoms with van der Waals surface area (Å²) in [6, 6.07) is -0.350. The molecule has 2 atom stereocenters. The molecule has 0 radical (unpaired) electrons. The number of sulfonamides is 1. The number of carbonyl (C=O) groups excluding carboxylic acids is 1. The molecule has 1 aromatic heterocycles. The second kappa shape index (κ2) is 5.89. The summed E-state index contributed by atoms with van der Waals surface area (Å²) in [5, 5.41) is 0.366. The van der Waals surface area contributed by atoms with Crippen molar-refractivity contribution in [3.05, 3.63) is 15.6 Å². The predicted octanol–water partition coefficient (Wildman–Crippen LogP) is 0.242. The van der Waals surface area contributed by atoms with E-state index in [1.54, 1.807) is 0 Å². The van der Waals surface area contributed by atoms with Gasteiger partial charge in [0.1, 0.15) is 0 Å². The molecule has 7 nitrogen and oxygen atoms in total. The van der Waals surface area contributed by atoms with Crippen LogP contribution in [-0.2, 0) is 23.0 Å². The number of carbonyl (C=O) groups is 1. The Bertz CT molecular complexity index is 730. The molecule has 1 fully saturated rings. The lowest BCUT2D eigenvalue weighted by Crippen LogP contribution is -2.62. The molecule has 2 aliphatic rings. The van der Waals surface area contributed by atoms with Crippen LogP contribution in [0.1, 0.15) is 46.1 Å². The molecule has 3 rings (SSSR count). The third-order valence-electron chi connectivity index (χ3n) is 4.80. The van der Waals surface area contributed by atoms with Gasteiger partial charge < -0.3 is 11.5 Å². The van der Waals surface area contributed by atoms with E-state index in [9.17, 15) is 13.2 Å². The van der Waals surface area contributed by atoms with Crippen molar-refractivity contribution in [3.8, 4) is 0 Å². The van der Waals surface area contributed by atoms with Crippen LogP contribution in [0.25, 0.3) is 0 Å². The summed E-state index contributed by atoms with van der Waals surface area (Å²) in [6.07, 6.45) is 4.92. The molecule has 0 saturated heterocycles. The van der Waals surface area contributed by atoms with Crippen molar-refractivity contribution in [3.63, 3.8) is 0 Å². The molecule has 0 spiro atoms. The van der Waals surface area contributed by atoms with E-state index in [1.165, 1.54) is 21.9 Å². The molecule has 23 heavy (non-hydrogen) atoms. The van der Waals surface area contributed by atoms with Crippen molar-refractivity contribution in [2.75, 3.05) is 12.8 Å². The zero-order valence-corrected chi connectivity index (χ0v) is 14.8. The average Bonchev–Trinajstić information content (AvgIpc) is 2.91. The minimum absolute atomic E-state index is 0.199. The van der Waals surface area contributed by atoms with Crippen LogP contribution in [0.2, 0.25) is 0 Å². The average molecular weight is 358 g/mol. The van der Waals surface area contributed by atoms with Crippen molar-refractivity contribution < 1.29 is 13.2 Å². The summed E-state index contributed by atoms with van der Waals surface area (Å²) in [6.45, 7) is 0.680. The van der Waals surface area contributed by atoms with Gasteiger partial charge in [0, 0.05) is 30.4 Å². The molecular formula is C14H22N4O3S2. The van der Waals surface area contributed by atoms with Gasteiger partial charge in [-0.15, -0.1) is 11.3 Å². The Balaban J connectivity index is 1.86. The van der Waals surface area contributed by atoms with Crippen LogP contribution in [0.15, 0.2) is 0 Å². The molecule has 2 heterocycles. The van der Waals surface area contributed by atoms with Crippen molar-refractivity contribution in [2.24, 2.45) is 11.5 Å². The van der Waals surface area contributed by atoms with Gasteiger partial charge in [-0.2, -0.15) is 4.31 Å². The van der Waals surface area contributed by atoms with Crippen LogP contribution in [-0.4, -0.2) is 47.9 Å². The largest absolute Gasteiger partial charge is 0.326 e. The molecule has 1 aliphatic heterocycles. The number of hydrogen-bond donors (Lipinski definition) is 2. The number of nitrogens with two attached hydrogens (primary N) is 2. The van der Waals surface area contributed by atoms with Gasteiger partial charge in [-0.25, -0.2) is 13.4 Å². The Morgan fingerprint density at radius 1 is 1.43 bits per heavy atom. The van der Waals surface area contributed by atoms with Gasteiger partial charge in [-0.05, 0) is 12.8 Å². The first-order valence-electron chi connectivity index (χ1n) is 7.75. The third kappa shape index (κ3) is 3.08. The van der Waals surface area contributed by atoms with Crippen LogP contribution in [0, 0.1) is 0 Å². The standard InChI is InChI=1S/C14H22N4O3S2/c1-23(20,21)18-7-5-9-10(8-18)22-13(17-9)12(19)14(16)6-3-2-4-11(14)15/h11H,2-8,15-16H2,1H3. The number of nitrogens with zero attached hydrogens (tertiary/aromatic N) is 2. The summed E-state index contributed by atoms with van der Waals surface area (Å²) in [5.41, 5.74) is 12.2. The predicted molar refractivity (Wildman–Crippen MR) is 88.8 cm³/mol. The van der Waals surface area contributed by atoms with Crippen molar-refractivity contribution in [2.45, 2.75) is 50.2 Å². The van der Waals surface area contributed by atoms with Crippen LogP contribution in [0.3, 0.4) is 0 Å². The second-order valence-electron chi connectivity index (χ2n) is 6.46. The van der Waals surface area contributed by atoms with Crippen molar-refractivity contribution in [1.82, 2.24) is 9.29 Å². The fourth-order valence-corrected chi connectivity index (χ4v) is 5.28. The summed E-state index contributed by atoms with van der Waals surface area (Å²) >= 11 is 1.26. The number of ketones is 1. The van der Waals surface area contributed by atoms with E-state index in [-0.39, 0.29) is 18.4 Å². The lowest BCUT2D eigenvalue weighted by Gasteiger charge is -2.36. The van der Waals surface area contributed by atoms with E-state index < -0.39 is 15.6 Å². The van der Waals surface area contributed by atoms with Gasteiger partial charge in [0.15, 0.2) is 5.01 Å². The van der Waals surface area contributed by atoms with E-state index in [4.69, 9.17) is 11.5 Å². The maximum atomic E-state index is 12.8. The fourth-order valence-electron chi connectivity index (χ4n) is 3.26. The molecular weight excluding hydrogens is 336 g/mol. The number of fused-ring (bicyclic) bond motifs is 1. The first-order valence-corrected chi connectivity index (χ1v) is 10.4. The van der Waals surface area contributed by atoms with E-state index in [1.807, 2.05) is 0 Å². The SMILES string of the molecule is CS(=O)(=O)N1CCc2nc(C(=O)C3(N)CCCCC3N)sc2C1. The summed E-state index contributed by atoms with van der Waals surface area (Å²) in [4.78, 5) is 18.1. The molecule has 2 unspecified atom stereocenters. The number of hydrogen-bond acceptors (Lipinski definition) is 7. The Labute approximate surface area is 140 Å². The van der Waals surface area contributed by atoms with Crippen LogP contribution in [0.4, 0.5) is 0 Å². The van der Waals surface area contributed by atoms with Crippen LogP contribution < -0.4 is 11.5 Å². The topological polar surface area (TPSA) is 119 Å². The lowest BCUT2D eigenvalue weighted by molar-refractivity contribution is 0.0822. The molecule has 128 valence electrons. The molecule has 0 amide bonds. The highest BCUT2D eigenvalue weighted by molar-refractivity contribution is 7.88. The maximum absolute atomic E-state index is 12.8. The van der Waals surface area contributed by atoms with E-state index in [2.05, 4.69) is 4.98 Å². The van der Waals surface area contributed by atoms with Gasteiger partial charge in [0.05, 0.1) is 17.5 Å². The highest BCUT2D eigenvalue weighted by Crippen LogP contribution is 2.32. The lowest BCUT2D eigenvalue weighted by atomic mass is 9.76. The summed E-state index contributed by atoms with van der Waals surface area (Å²) in [5.74, 6) is -0.199. The quantitative estimate of drug-likeness (QED) is 0.747. The smallest absolute Gasteiger partial charge is 0.212 e. The number of rotatable bonds is 3. The minimum atomic E-state index is -3.24. The molecule has 9 heteroatoms. The molecule has 1 aliphatic carbocycles. The normalized spacial score (nSPS) is 29.3. The first kappa shape index (κ1) is 17.0. The van der Waals surface area contributed by atoms with E-state index >= 15 is 0 Å².